The Balaban J connectivity index is 1.76. The molecule has 5 nitrogen and oxygen atoms in total. The van der Waals surface area contributed by atoms with Gasteiger partial charge in [-0.2, -0.15) is 0 Å². The van der Waals surface area contributed by atoms with Gasteiger partial charge in [0.1, 0.15) is 0 Å². The second-order valence-corrected chi connectivity index (χ2v) is 5.35. The van der Waals surface area contributed by atoms with Gasteiger partial charge in [0, 0.05) is 23.6 Å². The number of aromatic nitrogens is 1. The molecular weight excluding hydrogens is 316 g/mol. The Bertz CT molecular complexity index is 890. The largest absolute Gasteiger partial charge is 0.465 e. The Kier molecular flexibility index (Phi) is 4.85. The minimum Gasteiger partial charge on any atom is -0.465 e. The third kappa shape index (κ3) is 3.90. The summed E-state index contributed by atoms with van der Waals surface area (Å²) in [5, 5.41) is 2.79. The van der Waals surface area contributed by atoms with Gasteiger partial charge in [-0.1, -0.05) is 30.3 Å². The molecule has 1 aromatic heterocycles. The maximum atomic E-state index is 12.4. The maximum absolute atomic E-state index is 12.4. The van der Waals surface area contributed by atoms with Gasteiger partial charge in [-0.15, -0.1) is 0 Å². The molecule has 1 amide bonds. The zero-order valence-corrected chi connectivity index (χ0v) is 13.6. The van der Waals surface area contributed by atoms with Crippen molar-refractivity contribution in [2.24, 2.45) is 0 Å². The van der Waals surface area contributed by atoms with E-state index >= 15 is 0 Å². The second-order valence-electron chi connectivity index (χ2n) is 5.35. The van der Waals surface area contributed by atoms with Gasteiger partial charge in [-0.05, 0) is 35.9 Å². The average molecular weight is 332 g/mol. The third-order valence-electron chi connectivity index (χ3n) is 3.67. The van der Waals surface area contributed by atoms with Crippen LogP contribution in [-0.4, -0.2) is 24.0 Å². The first kappa shape index (κ1) is 16.4. The topological polar surface area (TPSA) is 68.3 Å². The zero-order chi connectivity index (χ0) is 17.6. The minimum atomic E-state index is -0.419. The van der Waals surface area contributed by atoms with Crippen LogP contribution in [0.1, 0.15) is 20.7 Å². The number of benzene rings is 2. The number of anilines is 1. The standard InChI is InChI=1S/C20H16N2O3/c1-25-20(24)15-7-9-18(10-8-15)22-19(23)17-11-16(12-21-13-17)14-5-3-2-4-6-14/h2-13H,1H3,(H,22,23). The number of hydrogen-bond acceptors (Lipinski definition) is 4. The number of pyridine rings is 1. The number of nitrogens with zero attached hydrogens (tertiary/aromatic N) is 1. The van der Waals surface area contributed by atoms with Gasteiger partial charge < -0.3 is 10.1 Å². The van der Waals surface area contributed by atoms with E-state index in [1.54, 1.807) is 36.5 Å². The highest BCUT2D eigenvalue weighted by atomic mass is 16.5. The van der Waals surface area contributed by atoms with Crippen LogP contribution in [0.15, 0.2) is 73.1 Å². The van der Waals surface area contributed by atoms with Gasteiger partial charge in [-0.3, -0.25) is 9.78 Å². The van der Waals surface area contributed by atoms with Gasteiger partial charge in [0.2, 0.25) is 0 Å². The molecule has 3 aromatic rings. The Morgan fingerprint density at radius 2 is 1.60 bits per heavy atom. The van der Waals surface area contributed by atoms with Crippen molar-refractivity contribution in [3.05, 3.63) is 84.2 Å². The van der Waals surface area contributed by atoms with Crippen LogP contribution in [-0.2, 0) is 4.74 Å². The van der Waals surface area contributed by atoms with E-state index in [2.05, 4.69) is 15.0 Å². The number of methoxy groups -OCH3 is 1. The van der Waals surface area contributed by atoms with Crippen LogP contribution in [0.4, 0.5) is 5.69 Å². The van der Waals surface area contributed by atoms with Crippen LogP contribution in [0.3, 0.4) is 0 Å². The summed E-state index contributed by atoms with van der Waals surface area (Å²) in [6, 6.07) is 18.0. The van der Waals surface area contributed by atoms with Crippen molar-refractivity contribution in [2.45, 2.75) is 0 Å². The van der Waals surface area contributed by atoms with Gasteiger partial charge in [-0.25, -0.2) is 4.79 Å². The Morgan fingerprint density at radius 3 is 2.28 bits per heavy atom. The number of rotatable bonds is 4. The number of carbonyl (C=O) groups is 2. The van der Waals surface area contributed by atoms with Crippen molar-refractivity contribution >= 4 is 17.6 Å². The van der Waals surface area contributed by atoms with Crippen molar-refractivity contribution in [3.8, 4) is 11.1 Å². The van der Waals surface area contributed by atoms with Crippen LogP contribution >= 0.6 is 0 Å². The van der Waals surface area contributed by atoms with Gasteiger partial charge in [0.15, 0.2) is 0 Å². The summed E-state index contributed by atoms with van der Waals surface area (Å²) >= 11 is 0. The number of ether oxygens (including phenoxy) is 1. The number of amides is 1. The molecule has 124 valence electrons. The zero-order valence-electron chi connectivity index (χ0n) is 13.6. The van der Waals surface area contributed by atoms with E-state index < -0.39 is 5.97 Å². The lowest BCUT2D eigenvalue weighted by atomic mass is 10.1. The first-order valence-corrected chi connectivity index (χ1v) is 7.67. The monoisotopic (exact) mass is 332 g/mol. The fraction of sp³-hybridized carbons (Fsp3) is 0.0500. The first-order valence-electron chi connectivity index (χ1n) is 7.67. The Morgan fingerprint density at radius 1 is 0.880 bits per heavy atom. The summed E-state index contributed by atoms with van der Waals surface area (Å²) in [5.41, 5.74) is 3.33. The van der Waals surface area contributed by atoms with Crippen LogP contribution in [0.2, 0.25) is 0 Å². The molecule has 0 fully saturated rings. The lowest BCUT2D eigenvalue weighted by Crippen LogP contribution is -2.12. The summed E-state index contributed by atoms with van der Waals surface area (Å²) in [6.07, 6.45) is 3.24. The van der Waals surface area contributed by atoms with Gasteiger partial charge in [0.05, 0.1) is 18.2 Å². The molecule has 1 N–H and O–H groups in total. The quantitative estimate of drug-likeness (QED) is 0.738. The van der Waals surface area contributed by atoms with Crippen molar-refractivity contribution < 1.29 is 14.3 Å². The predicted octanol–water partition coefficient (Wildman–Crippen LogP) is 3.79. The van der Waals surface area contributed by atoms with E-state index in [0.717, 1.165) is 11.1 Å². The van der Waals surface area contributed by atoms with Crippen molar-refractivity contribution in [3.63, 3.8) is 0 Å². The summed E-state index contributed by atoms with van der Waals surface area (Å²) in [5.74, 6) is -0.686. The average Bonchev–Trinajstić information content (AvgIpc) is 2.68. The summed E-state index contributed by atoms with van der Waals surface area (Å²) < 4.78 is 4.65. The summed E-state index contributed by atoms with van der Waals surface area (Å²) in [7, 11) is 1.32. The SMILES string of the molecule is COC(=O)c1ccc(NC(=O)c2cncc(-c3ccccc3)c2)cc1. The molecule has 5 heteroatoms. The molecular formula is C20H16N2O3. The normalized spacial score (nSPS) is 10.1. The van der Waals surface area contributed by atoms with Gasteiger partial charge >= 0.3 is 5.97 Å². The Hall–Kier alpha value is -3.47. The molecule has 0 spiro atoms. The molecule has 25 heavy (non-hydrogen) atoms. The second kappa shape index (κ2) is 7.40. The predicted molar refractivity (Wildman–Crippen MR) is 95.4 cm³/mol. The minimum absolute atomic E-state index is 0.268. The fourth-order valence-corrected chi connectivity index (χ4v) is 2.36. The van der Waals surface area contributed by atoms with E-state index in [9.17, 15) is 9.59 Å². The number of esters is 1. The lowest BCUT2D eigenvalue weighted by Gasteiger charge is -2.07. The van der Waals surface area contributed by atoms with Gasteiger partial charge in [0.25, 0.3) is 5.91 Å². The van der Waals surface area contributed by atoms with E-state index in [0.29, 0.717) is 16.8 Å². The van der Waals surface area contributed by atoms with Crippen LogP contribution in [0.5, 0.6) is 0 Å². The number of nitrogens with one attached hydrogen (secondary N) is 1. The summed E-state index contributed by atoms with van der Waals surface area (Å²) in [4.78, 5) is 28.0. The van der Waals surface area contributed by atoms with Crippen molar-refractivity contribution in [1.82, 2.24) is 4.98 Å². The molecule has 0 aliphatic carbocycles. The number of carbonyl (C=O) groups excluding carboxylic acids is 2. The molecule has 0 saturated carbocycles. The Labute approximate surface area is 145 Å². The molecule has 3 rings (SSSR count). The maximum Gasteiger partial charge on any atom is 0.337 e. The van der Waals surface area contributed by atoms with E-state index in [-0.39, 0.29) is 5.91 Å². The molecule has 0 aliphatic heterocycles. The molecule has 0 unspecified atom stereocenters. The van der Waals surface area contributed by atoms with Crippen molar-refractivity contribution in [2.75, 3.05) is 12.4 Å². The molecule has 0 aliphatic rings. The highest BCUT2D eigenvalue weighted by molar-refractivity contribution is 6.04. The molecule has 0 bridgehead atoms. The summed E-state index contributed by atoms with van der Waals surface area (Å²) in [6.45, 7) is 0. The van der Waals surface area contributed by atoms with Crippen LogP contribution in [0.25, 0.3) is 11.1 Å². The smallest absolute Gasteiger partial charge is 0.337 e. The van der Waals surface area contributed by atoms with E-state index in [1.165, 1.54) is 13.3 Å². The third-order valence-corrected chi connectivity index (χ3v) is 3.67. The van der Waals surface area contributed by atoms with E-state index in [1.807, 2.05) is 30.3 Å². The van der Waals surface area contributed by atoms with Crippen LogP contribution < -0.4 is 5.32 Å². The fourth-order valence-electron chi connectivity index (χ4n) is 2.36. The molecule has 0 atom stereocenters. The molecule has 1 heterocycles. The highest BCUT2D eigenvalue weighted by Gasteiger charge is 2.10. The lowest BCUT2D eigenvalue weighted by molar-refractivity contribution is 0.0600. The molecule has 2 aromatic carbocycles. The van der Waals surface area contributed by atoms with Crippen molar-refractivity contribution in [1.29, 1.82) is 0 Å². The first-order chi connectivity index (χ1) is 12.2. The molecule has 0 saturated heterocycles. The number of hydrogen-bond donors (Lipinski definition) is 1. The highest BCUT2D eigenvalue weighted by Crippen LogP contribution is 2.19. The van der Waals surface area contributed by atoms with Crippen LogP contribution in [0, 0.1) is 0 Å². The molecule has 0 radical (unpaired) electrons. The van der Waals surface area contributed by atoms with E-state index in [4.69, 9.17) is 0 Å².